The lowest BCUT2D eigenvalue weighted by molar-refractivity contribution is -0.122. The molecule has 2 aromatic rings. The number of hydrogen-bond donors (Lipinski definition) is 0. The summed E-state index contributed by atoms with van der Waals surface area (Å²) < 4.78 is 2.72. The predicted molar refractivity (Wildman–Crippen MR) is 95.8 cm³/mol. The second-order valence-electron chi connectivity index (χ2n) is 5.67. The third-order valence-electron chi connectivity index (χ3n) is 4.14. The van der Waals surface area contributed by atoms with Crippen LogP contribution in [0.1, 0.15) is 32.1 Å². The fourth-order valence-electron chi connectivity index (χ4n) is 2.96. The maximum Gasteiger partial charge on any atom is 0.251 e. The highest BCUT2D eigenvalue weighted by Crippen LogP contribution is 2.32. The quantitative estimate of drug-likeness (QED) is 0.712. The van der Waals surface area contributed by atoms with Gasteiger partial charge < -0.3 is 4.57 Å². The summed E-state index contributed by atoms with van der Waals surface area (Å²) in [5, 5.41) is 0.912. The van der Waals surface area contributed by atoms with Crippen molar-refractivity contribution in [2.24, 2.45) is 10.9 Å². The summed E-state index contributed by atoms with van der Waals surface area (Å²) in [4.78, 5) is 17.4. The number of thiazole rings is 1. The van der Waals surface area contributed by atoms with Gasteiger partial charge in [-0.3, -0.25) is 4.79 Å². The number of fused-ring (bicyclic) bond motifs is 1. The fraction of sp³-hybridized carbons (Fsp3) is 0.412. The Morgan fingerprint density at radius 3 is 2.78 bits per heavy atom. The highest BCUT2D eigenvalue weighted by molar-refractivity contribution is 7.16. The molecule has 1 saturated carbocycles. The molecule has 0 saturated heterocycles. The first kappa shape index (κ1) is 16.6. The first-order valence-corrected chi connectivity index (χ1v) is 9.18. The summed E-state index contributed by atoms with van der Waals surface area (Å²) in [6, 6.07) is 3.63. The molecule has 0 aliphatic heterocycles. The van der Waals surface area contributed by atoms with Gasteiger partial charge in [0.2, 0.25) is 0 Å². The number of hydrogen-bond acceptors (Lipinski definition) is 2. The molecule has 1 aromatic carbocycles. The first-order valence-electron chi connectivity index (χ1n) is 7.61. The minimum Gasteiger partial charge on any atom is -0.303 e. The van der Waals surface area contributed by atoms with Crippen LogP contribution in [0.5, 0.6) is 0 Å². The Morgan fingerprint density at radius 2 is 2.09 bits per heavy atom. The van der Waals surface area contributed by atoms with Crippen LogP contribution in [-0.2, 0) is 11.3 Å². The molecule has 0 N–H and O–H groups in total. The van der Waals surface area contributed by atoms with Gasteiger partial charge in [0, 0.05) is 5.92 Å². The topological polar surface area (TPSA) is 34.4 Å². The number of benzene rings is 1. The molecule has 1 fully saturated rings. The number of aromatic nitrogens is 1. The van der Waals surface area contributed by atoms with Crippen molar-refractivity contribution in [3.63, 3.8) is 0 Å². The van der Waals surface area contributed by atoms with Crippen LogP contribution >= 0.6 is 34.5 Å². The van der Waals surface area contributed by atoms with Crippen molar-refractivity contribution in [2.45, 2.75) is 38.6 Å². The van der Waals surface area contributed by atoms with Crippen molar-refractivity contribution in [1.82, 2.24) is 4.57 Å². The minimum absolute atomic E-state index is 0.0345. The van der Waals surface area contributed by atoms with Gasteiger partial charge >= 0.3 is 0 Å². The van der Waals surface area contributed by atoms with E-state index in [0.29, 0.717) is 21.4 Å². The number of carbonyl (C=O) groups excluding carboxylic acids is 1. The largest absolute Gasteiger partial charge is 0.303 e. The van der Waals surface area contributed by atoms with Crippen LogP contribution in [0.25, 0.3) is 10.2 Å². The van der Waals surface area contributed by atoms with Crippen molar-refractivity contribution < 1.29 is 4.79 Å². The Labute approximate surface area is 148 Å². The molecule has 6 heteroatoms. The van der Waals surface area contributed by atoms with Gasteiger partial charge in [0.05, 0.1) is 26.8 Å². The van der Waals surface area contributed by atoms with Crippen LogP contribution < -0.4 is 4.80 Å². The summed E-state index contributed by atoms with van der Waals surface area (Å²) in [6.07, 6.45) is 10.7. The summed E-state index contributed by atoms with van der Waals surface area (Å²) in [5.41, 5.74) is 0.748. The standard InChI is InChI=1S/C17H16Cl2N2OS/c1-2-10-21-15-13(9-8-12(18)14(15)19)23-17(21)20-16(22)11-6-4-3-5-7-11/h1,8-9,11H,3-7,10H2. The van der Waals surface area contributed by atoms with Crippen LogP contribution in [0, 0.1) is 18.3 Å². The maximum atomic E-state index is 12.5. The van der Waals surface area contributed by atoms with Gasteiger partial charge in [0.15, 0.2) is 4.80 Å². The average Bonchev–Trinajstić information content (AvgIpc) is 2.90. The van der Waals surface area contributed by atoms with E-state index in [9.17, 15) is 4.79 Å². The fourth-order valence-corrected chi connectivity index (χ4v) is 4.48. The van der Waals surface area contributed by atoms with Crippen molar-refractivity contribution >= 4 is 50.7 Å². The third kappa shape index (κ3) is 3.33. The van der Waals surface area contributed by atoms with Crippen LogP contribution in [0.4, 0.5) is 0 Å². The smallest absolute Gasteiger partial charge is 0.251 e. The van der Waals surface area contributed by atoms with E-state index in [1.165, 1.54) is 17.8 Å². The molecule has 0 atom stereocenters. The zero-order valence-electron chi connectivity index (χ0n) is 12.5. The predicted octanol–water partition coefficient (Wildman–Crippen LogP) is 4.65. The van der Waals surface area contributed by atoms with Crippen molar-refractivity contribution in [1.29, 1.82) is 0 Å². The van der Waals surface area contributed by atoms with Gasteiger partial charge in [-0.05, 0) is 25.0 Å². The van der Waals surface area contributed by atoms with Crippen molar-refractivity contribution in [3.05, 3.63) is 27.0 Å². The van der Waals surface area contributed by atoms with Gasteiger partial charge in [-0.1, -0.05) is 59.7 Å². The summed E-state index contributed by atoms with van der Waals surface area (Å²) in [7, 11) is 0. The van der Waals surface area contributed by atoms with E-state index in [0.717, 1.165) is 35.9 Å². The number of rotatable bonds is 2. The zero-order valence-corrected chi connectivity index (χ0v) is 14.8. The van der Waals surface area contributed by atoms with Crippen LogP contribution in [0.3, 0.4) is 0 Å². The van der Waals surface area contributed by atoms with Crippen LogP contribution in [0.2, 0.25) is 10.0 Å². The molecule has 3 rings (SSSR count). The Bertz CT molecular complexity index is 854. The summed E-state index contributed by atoms with van der Waals surface area (Å²) in [6.45, 7) is 0.302. The van der Waals surface area contributed by atoms with Gasteiger partial charge in [0.25, 0.3) is 5.91 Å². The highest BCUT2D eigenvalue weighted by atomic mass is 35.5. The second-order valence-corrected chi connectivity index (χ2v) is 7.46. The Kier molecular flexibility index (Phi) is 5.11. The average molecular weight is 367 g/mol. The van der Waals surface area contributed by atoms with Crippen LogP contribution in [-0.4, -0.2) is 10.5 Å². The molecule has 3 nitrogen and oxygen atoms in total. The van der Waals surface area contributed by atoms with Gasteiger partial charge in [0.1, 0.15) is 0 Å². The molecule has 120 valence electrons. The summed E-state index contributed by atoms with van der Waals surface area (Å²) >= 11 is 13.8. The minimum atomic E-state index is -0.0516. The molecular weight excluding hydrogens is 351 g/mol. The molecule has 23 heavy (non-hydrogen) atoms. The molecule has 1 aromatic heterocycles. The zero-order chi connectivity index (χ0) is 16.4. The summed E-state index contributed by atoms with van der Waals surface area (Å²) in [5.74, 6) is 2.58. The Hall–Kier alpha value is -1.28. The number of halogens is 2. The molecule has 0 unspecified atom stereocenters. The van der Waals surface area contributed by atoms with E-state index in [1.54, 1.807) is 10.6 Å². The molecule has 1 aliphatic rings. The van der Waals surface area contributed by atoms with Crippen molar-refractivity contribution in [2.75, 3.05) is 0 Å². The van der Waals surface area contributed by atoms with E-state index in [-0.39, 0.29) is 11.8 Å². The maximum absolute atomic E-state index is 12.5. The lowest BCUT2D eigenvalue weighted by atomic mass is 9.89. The second kappa shape index (κ2) is 7.09. The normalized spacial score (nSPS) is 16.7. The highest BCUT2D eigenvalue weighted by Gasteiger charge is 2.21. The molecule has 1 heterocycles. The van der Waals surface area contributed by atoms with Crippen LogP contribution in [0.15, 0.2) is 17.1 Å². The monoisotopic (exact) mass is 366 g/mol. The molecular formula is C17H16Cl2N2OS. The van der Waals surface area contributed by atoms with Gasteiger partial charge in [-0.15, -0.1) is 6.42 Å². The van der Waals surface area contributed by atoms with E-state index in [2.05, 4.69) is 10.9 Å². The molecule has 0 radical (unpaired) electrons. The SMILES string of the molecule is C#CCn1c(=NC(=O)C2CCCCC2)sc2ccc(Cl)c(Cl)c21. The molecule has 0 bridgehead atoms. The van der Waals surface area contributed by atoms with Gasteiger partial charge in [-0.2, -0.15) is 4.99 Å². The third-order valence-corrected chi connectivity index (χ3v) is 5.98. The Morgan fingerprint density at radius 1 is 1.35 bits per heavy atom. The molecule has 1 amide bonds. The first-order chi connectivity index (χ1) is 11.1. The van der Waals surface area contributed by atoms with E-state index >= 15 is 0 Å². The molecule has 1 aliphatic carbocycles. The number of nitrogens with zero attached hydrogens (tertiary/aromatic N) is 2. The lowest BCUT2D eigenvalue weighted by Gasteiger charge is -2.17. The number of amides is 1. The molecule has 0 spiro atoms. The lowest BCUT2D eigenvalue weighted by Crippen LogP contribution is -2.21. The van der Waals surface area contributed by atoms with Crippen molar-refractivity contribution in [3.8, 4) is 12.3 Å². The van der Waals surface area contributed by atoms with E-state index in [4.69, 9.17) is 29.6 Å². The van der Waals surface area contributed by atoms with Gasteiger partial charge in [-0.25, -0.2) is 0 Å². The Balaban J connectivity index is 2.11. The van der Waals surface area contributed by atoms with E-state index in [1.807, 2.05) is 6.07 Å². The van der Waals surface area contributed by atoms with E-state index < -0.39 is 0 Å². The number of carbonyl (C=O) groups is 1. The number of terminal acetylenes is 1.